The smallest absolute Gasteiger partial charge is 0.326 e. The number of carbonyl (C=O) groups is 2. The number of nitrogens with zero attached hydrogens (tertiary/aromatic N) is 3. The number of carbonyl (C=O) groups excluding carboxylic acids is 2. The summed E-state index contributed by atoms with van der Waals surface area (Å²) in [5, 5.41) is 16.5. The third kappa shape index (κ3) is 5.79. The van der Waals surface area contributed by atoms with Gasteiger partial charge >= 0.3 is 6.03 Å². The monoisotopic (exact) mass is 491 g/mol. The number of hydrogen-bond acceptors (Lipinski definition) is 4. The van der Waals surface area contributed by atoms with Crippen LogP contribution in [0, 0.1) is 0 Å². The number of imidazole rings is 1. The van der Waals surface area contributed by atoms with Gasteiger partial charge in [-0.2, -0.15) is 0 Å². The van der Waals surface area contributed by atoms with Crippen molar-refractivity contribution in [1.29, 1.82) is 0 Å². The summed E-state index contributed by atoms with van der Waals surface area (Å²) in [5.41, 5.74) is 2.01. The summed E-state index contributed by atoms with van der Waals surface area (Å²) in [6.07, 6.45) is 0. The maximum absolute atomic E-state index is 12.9. The van der Waals surface area contributed by atoms with Crippen molar-refractivity contribution < 1.29 is 14.7 Å². The largest absolute Gasteiger partial charge is 0.389 e. The average Bonchev–Trinajstić information content (AvgIpc) is 3.14. The molecule has 35 heavy (non-hydrogen) atoms. The van der Waals surface area contributed by atoms with Gasteiger partial charge < -0.3 is 19.9 Å². The number of benzene rings is 3. The zero-order valence-electron chi connectivity index (χ0n) is 19.6. The van der Waals surface area contributed by atoms with E-state index in [0.717, 1.165) is 0 Å². The second kappa shape index (κ2) is 9.77. The van der Waals surface area contributed by atoms with E-state index >= 15 is 0 Å². The summed E-state index contributed by atoms with van der Waals surface area (Å²) >= 11 is 5.90. The molecule has 0 aliphatic carbocycles. The van der Waals surface area contributed by atoms with Gasteiger partial charge in [0.15, 0.2) is 0 Å². The van der Waals surface area contributed by atoms with Crippen molar-refractivity contribution in [2.24, 2.45) is 0 Å². The van der Waals surface area contributed by atoms with Crippen LogP contribution in [0.2, 0.25) is 5.02 Å². The number of rotatable bonds is 6. The average molecular weight is 492 g/mol. The minimum atomic E-state index is -1.06. The molecule has 9 heteroatoms. The summed E-state index contributed by atoms with van der Waals surface area (Å²) < 4.78 is 1.74. The van der Waals surface area contributed by atoms with Crippen LogP contribution in [-0.4, -0.2) is 39.2 Å². The summed E-state index contributed by atoms with van der Waals surface area (Å²) in [6, 6.07) is 20.7. The van der Waals surface area contributed by atoms with E-state index in [1.807, 2.05) is 30.3 Å². The highest BCUT2D eigenvalue weighted by Gasteiger charge is 2.22. The van der Waals surface area contributed by atoms with Crippen LogP contribution in [0.5, 0.6) is 0 Å². The van der Waals surface area contributed by atoms with Crippen molar-refractivity contribution in [2.75, 3.05) is 22.6 Å². The molecule has 0 bridgehead atoms. The lowest BCUT2D eigenvalue weighted by Crippen LogP contribution is -2.28. The van der Waals surface area contributed by atoms with Crippen molar-refractivity contribution in [3.63, 3.8) is 0 Å². The number of fused-ring (bicyclic) bond motifs is 1. The van der Waals surface area contributed by atoms with Crippen LogP contribution < -0.4 is 15.5 Å². The highest BCUT2D eigenvalue weighted by Crippen LogP contribution is 2.27. The highest BCUT2D eigenvalue weighted by atomic mass is 35.5. The Morgan fingerprint density at radius 2 is 1.71 bits per heavy atom. The van der Waals surface area contributed by atoms with Crippen LogP contribution >= 0.6 is 11.6 Å². The van der Waals surface area contributed by atoms with Gasteiger partial charge in [-0.25, -0.2) is 9.78 Å². The van der Waals surface area contributed by atoms with E-state index in [0.29, 0.717) is 33.0 Å². The molecule has 0 radical (unpaired) electrons. The molecule has 3 aromatic carbocycles. The molecule has 180 valence electrons. The number of aromatic nitrogens is 2. The molecule has 0 saturated carbocycles. The molecule has 0 aliphatic heterocycles. The number of aliphatic hydroxyl groups is 1. The Morgan fingerprint density at radius 3 is 2.37 bits per heavy atom. The third-order valence-corrected chi connectivity index (χ3v) is 5.57. The van der Waals surface area contributed by atoms with Crippen molar-refractivity contribution in [3.8, 4) is 0 Å². The maximum Gasteiger partial charge on any atom is 0.326 e. The number of urea groups is 1. The van der Waals surface area contributed by atoms with Gasteiger partial charge in [-0.05, 0) is 68.4 Å². The highest BCUT2D eigenvalue weighted by molar-refractivity contribution is 6.30. The Morgan fingerprint density at radius 1 is 1.03 bits per heavy atom. The van der Waals surface area contributed by atoms with E-state index in [4.69, 9.17) is 11.6 Å². The quantitative estimate of drug-likeness (QED) is 0.337. The second-order valence-corrected chi connectivity index (χ2v) is 9.26. The lowest BCUT2D eigenvalue weighted by molar-refractivity contribution is 0.0632. The molecular formula is C26H26ClN5O3. The van der Waals surface area contributed by atoms with Gasteiger partial charge in [0.1, 0.15) is 0 Å². The first-order chi connectivity index (χ1) is 16.6. The topological polar surface area (TPSA) is 99.5 Å². The van der Waals surface area contributed by atoms with Crippen molar-refractivity contribution in [3.05, 3.63) is 83.4 Å². The van der Waals surface area contributed by atoms with Crippen LogP contribution in [0.1, 0.15) is 24.2 Å². The van der Waals surface area contributed by atoms with E-state index in [-0.39, 0.29) is 18.4 Å². The molecular weight excluding hydrogens is 466 g/mol. The minimum Gasteiger partial charge on any atom is -0.389 e. The molecule has 3 amide bonds. The van der Waals surface area contributed by atoms with E-state index < -0.39 is 11.6 Å². The Hall–Kier alpha value is -3.88. The predicted molar refractivity (Wildman–Crippen MR) is 139 cm³/mol. The Bertz CT molecular complexity index is 1360. The molecule has 1 aromatic heterocycles. The summed E-state index contributed by atoms with van der Waals surface area (Å²) in [4.78, 5) is 31.7. The summed E-state index contributed by atoms with van der Waals surface area (Å²) in [5.74, 6) is 0.115. The standard InChI is InChI=1S/C26H26ClN5O3/c1-26(2,35)16-32-22-14-13-20(31(3)23(33)17-7-5-4-6-8-17)15-21(22)29-24(32)30-25(34)28-19-11-9-18(27)10-12-19/h4-15,35H,16H2,1-3H3,(H2,28,29,30,34). The van der Waals surface area contributed by atoms with Crippen LogP contribution in [0.4, 0.5) is 22.1 Å². The molecule has 0 saturated heterocycles. The molecule has 0 spiro atoms. The van der Waals surface area contributed by atoms with Gasteiger partial charge in [0.05, 0.1) is 23.2 Å². The first-order valence-electron chi connectivity index (χ1n) is 11.0. The lowest BCUT2D eigenvalue weighted by Gasteiger charge is -2.21. The minimum absolute atomic E-state index is 0.151. The fraction of sp³-hybridized carbons (Fsp3) is 0.192. The van der Waals surface area contributed by atoms with E-state index in [9.17, 15) is 14.7 Å². The number of amides is 3. The molecule has 3 N–H and O–H groups in total. The Labute approximate surface area is 208 Å². The molecule has 0 fully saturated rings. The first kappa shape index (κ1) is 24.3. The SMILES string of the molecule is CN(C(=O)c1ccccc1)c1ccc2c(c1)nc(NC(=O)Nc1ccc(Cl)cc1)n2CC(C)(C)O. The lowest BCUT2D eigenvalue weighted by atomic mass is 10.1. The second-order valence-electron chi connectivity index (χ2n) is 8.82. The number of hydrogen-bond donors (Lipinski definition) is 3. The van der Waals surface area contributed by atoms with Gasteiger partial charge in [-0.15, -0.1) is 0 Å². The number of nitrogens with one attached hydrogen (secondary N) is 2. The van der Waals surface area contributed by atoms with E-state index in [1.165, 1.54) is 0 Å². The fourth-order valence-corrected chi connectivity index (χ4v) is 3.78. The third-order valence-electron chi connectivity index (χ3n) is 5.32. The van der Waals surface area contributed by atoms with Crippen molar-refractivity contribution in [2.45, 2.75) is 26.0 Å². The zero-order chi connectivity index (χ0) is 25.2. The van der Waals surface area contributed by atoms with Gasteiger partial charge in [-0.1, -0.05) is 29.8 Å². The zero-order valence-corrected chi connectivity index (χ0v) is 20.4. The molecule has 0 atom stereocenters. The van der Waals surface area contributed by atoms with Crippen molar-refractivity contribution >= 4 is 51.9 Å². The van der Waals surface area contributed by atoms with E-state index in [1.54, 1.807) is 72.8 Å². The molecule has 1 heterocycles. The molecule has 8 nitrogen and oxygen atoms in total. The van der Waals surface area contributed by atoms with Crippen LogP contribution in [0.25, 0.3) is 11.0 Å². The normalized spacial score (nSPS) is 11.3. The Balaban J connectivity index is 1.64. The number of halogens is 1. The van der Waals surface area contributed by atoms with Gasteiger partial charge in [-0.3, -0.25) is 10.1 Å². The van der Waals surface area contributed by atoms with Gasteiger partial charge in [0.25, 0.3) is 5.91 Å². The number of anilines is 3. The maximum atomic E-state index is 12.9. The Kier molecular flexibility index (Phi) is 6.77. The molecule has 0 aliphatic rings. The fourth-order valence-electron chi connectivity index (χ4n) is 3.66. The molecule has 4 aromatic rings. The summed E-state index contributed by atoms with van der Waals surface area (Å²) in [6.45, 7) is 3.55. The van der Waals surface area contributed by atoms with Crippen molar-refractivity contribution in [1.82, 2.24) is 9.55 Å². The van der Waals surface area contributed by atoms with E-state index in [2.05, 4.69) is 15.6 Å². The first-order valence-corrected chi connectivity index (χ1v) is 11.4. The van der Waals surface area contributed by atoms with Gasteiger partial charge in [0, 0.05) is 29.0 Å². The predicted octanol–water partition coefficient (Wildman–Crippen LogP) is 5.38. The van der Waals surface area contributed by atoms with Crippen LogP contribution in [-0.2, 0) is 6.54 Å². The molecule has 0 unspecified atom stereocenters. The van der Waals surface area contributed by atoms with Gasteiger partial charge in [0.2, 0.25) is 5.95 Å². The molecule has 4 rings (SSSR count). The van der Waals surface area contributed by atoms with Crippen LogP contribution in [0.15, 0.2) is 72.8 Å². The van der Waals surface area contributed by atoms with Crippen LogP contribution in [0.3, 0.4) is 0 Å². The summed E-state index contributed by atoms with van der Waals surface area (Å²) in [7, 11) is 1.70.